The van der Waals surface area contributed by atoms with Crippen LogP contribution in [0.5, 0.6) is 0 Å². The molecule has 0 aromatic rings. The summed E-state index contributed by atoms with van der Waals surface area (Å²) in [6.07, 6.45) is 3.91. The molecule has 0 spiro atoms. The Morgan fingerprint density at radius 2 is 1.96 bits per heavy atom. The lowest BCUT2D eigenvalue weighted by Gasteiger charge is -2.34. The number of rotatable bonds is 7. The SMILES string of the molecule is CC(O)CN1CCC(CN(C)CC(=O)NC2CCOCC2)CC1. The van der Waals surface area contributed by atoms with Gasteiger partial charge in [-0.15, -0.1) is 0 Å². The first-order valence-corrected chi connectivity index (χ1v) is 8.99. The molecule has 0 aromatic carbocycles. The third-order valence-electron chi connectivity index (χ3n) is 4.80. The van der Waals surface area contributed by atoms with Gasteiger partial charge in [0.1, 0.15) is 0 Å². The van der Waals surface area contributed by atoms with E-state index in [1.807, 2.05) is 14.0 Å². The number of β-amino-alcohol motifs (C(OH)–C–C–N with tert-alkyl or cyclic N) is 1. The third-order valence-corrected chi connectivity index (χ3v) is 4.80. The molecule has 1 unspecified atom stereocenters. The molecule has 23 heavy (non-hydrogen) atoms. The summed E-state index contributed by atoms with van der Waals surface area (Å²) in [5.41, 5.74) is 0. The molecule has 6 heteroatoms. The number of hydrogen-bond acceptors (Lipinski definition) is 5. The van der Waals surface area contributed by atoms with Crippen molar-refractivity contribution in [2.75, 3.05) is 53.0 Å². The number of piperidine rings is 1. The van der Waals surface area contributed by atoms with Crippen LogP contribution in [0.25, 0.3) is 0 Å². The summed E-state index contributed by atoms with van der Waals surface area (Å²) in [6.45, 7) is 7.69. The maximum absolute atomic E-state index is 12.1. The monoisotopic (exact) mass is 327 g/mol. The van der Waals surface area contributed by atoms with Gasteiger partial charge < -0.3 is 20.1 Å². The van der Waals surface area contributed by atoms with E-state index in [4.69, 9.17) is 4.74 Å². The van der Waals surface area contributed by atoms with Gasteiger partial charge in [-0.05, 0) is 58.7 Å². The van der Waals surface area contributed by atoms with E-state index in [9.17, 15) is 9.90 Å². The lowest BCUT2D eigenvalue weighted by atomic mass is 9.96. The van der Waals surface area contributed by atoms with Crippen molar-refractivity contribution in [3.05, 3.63) is 0 Å². The Bertz CT molecular complexity index is 351. The normalized spacial score (nSPS) is 23.1. The minimum atomic E-state index is -0.247. The van der Waals surface area contributed by atoms with Crippen molar-refractivity contribution >= 4 is 5.91 Å². The van der Waals surface area contributed by atoms with E-state index in [0.717, 1.165) is 65.1 Å². The largest absolute Gasteiger partial charge is 0.392 e. The highest BCUT2D eigenvalue weighted by molar-refractivity contribution is 5.78. The first-order valence-electron chi connectivity index (χ1n) is 8.99. The van der Waals surface area contributed by atoms with E-state index in [1.165, 1.54) is 0 Å². The molecule has 1 atom stereocenters. The molecule has 2 aliphatic rings. The first kappa shape index (κ1) is 18.6. The Morgan fingerprint density at radius 1 is 1.30 bits per heavy atom. The van der Waals surface area contributed by atoms with Crippen molar-refractivity contribution in [1.82, 2.24) is 15.1 Å². The van der Waals surface area contributed by atoms with Crippen LogP contribution in [0.4, 0.5) is 0 Å². The fraction of sp³-hybridized carbons (Fsp3) is 0.941. The van der Waals surface area contributed by atoms with Crippen molar-refractivity contribution in [2.24, 2.45) is 5.92 Å². The molecule has 2 heterocycles. The summed E-state index contributed by atoms with van der Waals surface area (Å²) in [5.74, 6) is 0.784. The van der Waals surface area contributed by atoms with Crippen molar-refractivity contribution in [3.8, 4) is 0 Å². The molecular formula is C17H33N3O3. The average molecular weight is 327 g/mol. The van der Waals surface area contributed by atoms with Gasteiger partial charge in [-0.2, -0.15) is 0 Å². The minimum Gasteiger partial charge on any atom is -0.392 e. The van der Waals surface area contributed by atoms with Gasteiger partial charge in [-0.25, -0.2) is 0 Å². The number of aliphatic hydroxyl groups is 1. The molecule has 0 aromatic heterocycles. The summed E-state index contributed by atoms with van der Waals surface area (Å²) in [4.78, 5) is 16.6. The number of hydrogen-bond donors (Lipinski definition) is 2. The van der Waals surface area contributed by atoms with Crippen LogP contribution in [0.2, 0.25) is 0 Å². The fourth-order valence-electron chi connectivity index (χ4n) is 3.59. The summed E-state index contributed by atoms with van der Waals surface area (Å²) < 4.78 is 5.31. The highest BCUT2D eigenvalue weighted by Gasteiger charge is 2.22. The Hall–Kier alpha value is -0.690. The molecule has 2 fully saturated rings. The predicted molar refractivity (Wildman–Crippen MR) is 90.3 cm³/mol. The summed E-state index contributed by atoms with van der Waals surface area (Å²) in [7, 11) is 2.03. The number of ether oxygens (including phenoxy) is 1. The van der Waals surface area contributed by atoms with E-state index < -0.39 is 0 Å². The van der Waals surface area contributed by atoms with Crippen molar-refractivity contribution in [1.29, 1.82) is 0 Å². The smallest absolute Gasteiger partial charge is 0.234 e. The number of nitrogens with one attached hydrogen (secondary N) is 1. The second-order valence-corrected chi connectivity index (χ2v) is 7.24. The standard InChI is InChI=1S/C17H33N3O3/c1-14(21)11-20-7-3-15(4-8-20)12-19(2)13-17(22)18-16-5-9-23-10-6-16/h14-16,21H,3-13H2,1-2H3,(H,18,22). The highest BCUT2D eigenvalue weighted by Crippen LogP contribution is 2.18. The van der Waals surface area contributed by atoms with Crippen molar-refractivity contribution in [2.45, 2.75) is 44.8 Å². The second kappa shape index (κ2) is 9.57. The van der Waals surface area contributed by atoms with Gasteiger partial charge in [0, 0.05) is 32.3 Å². The average Bonchev–Trinajstić information content (AvgIpc) is 2.49. The van der Waals surface area contributed by atoms with Crippen LogP contribution in [-0.2, 0) is 9.53 Å². The zero-order valence-corrected chi connectivity index (χ0v) is 14.7. The molecule has 6 nitrogen and oxygen atoms in total. The highest BCUT2D eigenvalue weighted by atomic mass is 16.5. The minimum absolute atomic E-state index is 0.131. The van der Waals surface area contributed by atoms with Crippen molar-refractivity contribution < 1.29 is 14.6 Å². The molecule has 2 N–H and O–H groups in total. The van der Waals surface area contributed by atoms with E-state index in [2.05, 4.69) is 15.1 Å². The van der Waals surface area contributed by atoms with Gasteiger partial charge in [0.05, 0.1) is 12.6 Å². The lowest BCUT2D eigenvalue weighted by molar-refractivity contribution is -0.123. The van der Waals surface area contributed by atoms with E-state index in [-0.39, 0.29) is 18.1 Å². The van der Waals surface area contributed by atoms with Gasteiger partial charge >= 0.3 is 0 Å². The van der Waals surface area contributed by atoms with Crippen LogP contribution in [0.1, 0.15) is 32.6 Å². The molecule has 2 rings (SSSR count). The first-order chi connectivity index (χ1) is 11.0. The molecule has 2 aliphatic heterocycles. The Labute approximate surface area is 140 Å². The van der Waals surface area contributed by atoms with Crippen LogP contribution in [0.15, 0.2) is 0 Å². The quantitative estimate of drug-likeness (QED) is 0.704. The maximum Gasteiger partial charge on any atom is 0.234 e. The van der Waals surface area contributed by atoms with Gasteiger partial charge in [-0.3, -0.25) is 9.69 Å². The zero-order chi connectivity index (χ0) is 16.7. The number of likely N-dealkylation sites (N-methyl/N-ethyl adjacent to an activating group) is 1. The number of carbonyl (C=O) groups excluding carboxylic acids is 1. The topological polar surface area (TPSA) is 65.0 Å². The summed E-state index contributed by atoms with van der Waals surface area (Å²) in [5, 5.41) is 12.6. The third kappa shape index (κ3) is 7.16. The molecule has 2 saturated heterocycles. The van der Waals surface area contributed by atoms with E-state index in [0.29, 0.717) is 12.5 Å². The van der Waals surface area contributed by atoms with Gasteiger partial charge in [-0.1, -0.05) is 0 Å². The molecule has 0 radical (unpaired) electrons. The van der Waals surface area contributed by atoms with Gasteiger partial charge in [0.15, 0.2) is 0 Å². The fourth-order valence-corrected chi connectivity index (χ4v) is 3.59. The van der Waals surface area contributed by atoms with Crippen LogP contribution in [0.3, 0.4) is 0 Å². The van der Waals surface area contributed by atoms with Crippen LogP contribution in [-0.4, -0.2) is 85.9 Å². The number of nitrogens with zero attached hydrogens (tertiary/aromatic N) is 2. The lowest BCUT2D eigenvalue weighted by Crippen LogP contribution is -2.45. The number of likely N-dealkylation sites (tertiary alicyclic amines) is 1. The van der Waals surface area contributed by atoms with Crippen LogP contribution >= 0.6 is 0 Å². The van der Waals surface area contributed by atoms with Crippen LogP contribution in [0, 0.1) is 5.92 Å². The Morgan fingerprint density at radius 3 is 2.57 bits per heavy atom. The molecule has 0 saturated carbocycles. The van der Waals surface area contributed by atoms with Gasteiger partial charge in [0.2, 0.25) is 5.91 Å². The maximum atomic E-state index is 12.1. The van der Waals surface area contributed by atoms with Crippen LogP contribution < -0.4 is 5.32 Å². The molecular weight excluding hydrogens is 294 g/mol. The summed E-state index contributed by atoms with van der Waals surface area (Å²) in [6, 6.07) is 0.286. The van der Waals surface area contributed by atoms with E-state index in [1.54, 1.807) is 0 Å². The number of amides is 1. The molecule has 1 amide bonds. The van der Waals surface area contributed by atoms with Crippen molar-refractivity contribution in [3.63, 3.8) is 0 Å². The Balaban J connectivity index is 1.61. The van der Waals surface area contributed by atoms with E-state index >= 15 is 0 Å². The molecule has 134 valence electrons. The Kier molecular flexibility index (Phi) is 7.76. The second-order valence-electron chi connectivity index (χ2n) is 7.24. The summed E-state index contributed by atoms with van der Waals surface area (Å²) >= 11 is 0. The van der Waals surface area contributed by atoms with Gasteiger partial charge in [0.25, 0.3) is 0 Å². The number of carbonyl (C=O) groups is 1. The zero-order valence-electron chi connectivity index (χ0n) is 14.7. The molecule has 0 bridgehead atoms. The molecule has 0 aliphatic carbocycles. The predicted octanol–water partition coefficient (Wildman–Crippen LogP) is 0.306. The number of aliphatic hydroxyl groups excluding tert-OH is 1.